The molecule has 0 aliphatic heterocycles. The van der Waals surface area contributed by atoms with Gasteiger partial charge in [0.25, 0.3) is 0 Å². The number of amides is 1. The minimum absolute atomic E-state index is 0.101. The molecule has 134 valence electrons. The van der Waals surface area contributed by atoms with Crippen LogP contribution in [0, 0.1) is 0 Å². The van der Waals surface area contributed by atoms with Gasteiger partial charge in [0.2, 0.25) is 5.91 Å². The summed E-state index contributed by atoms with van der Waals surface area (Å²) in [7, 11) is 1.65. The zero-order valence-electron chi connectivity index (χ0n) is 14.3. The minimum Gasteiger partial charge on any atom is -0.497 e. The van der Waals surface area contributed by atoms with Crippen molar-refractivity contribution in [2.45, 2.75) is 17.6 Å². The molecule has 0 saturated carbocycles. The Morgan fingerprint density at radius 3 is 2.69 bits per heavy atom. The van der Waals surface area contributed by atoms with E-state index in [0.717, 1.165) is 22.1 Å². The lowest BCUT2D eigenvalue weighted by molar-refractivity contribution is -0.115. The van der Waals surface area contributed by atoms with E-state index in [-0.39, 0.29) is 5.91 Å². The number of hydrogen-bond donors (Lipinski definition) is 0. The van der Waals surface area contributed by atoms with E-state index in [4.69, 9.17) is 16.3 Å². The minimum atomic E-state index is -0.101. The van der Waals surface area contributed by atoms with E-state index in [1.54, 1.807) is 35.9 Å². The number of ether oxygens (including phenoxy) is 1. The van der Waals surface area contributed by atoms with Crippen LogP contribution in [0.15, 0.2) is 58.8 Å². The number of rotatable bonds is 6. The molecule has 0 bridgehead atoms. The number of carbonyl (C=O) groups excluding carboxylic acids is 1. The monoisotopic (exact) mass is 404 g/mol. The van der Waals surface area contributed by atoms with Gasteiger partial charge in [-0.2, -0.15) is 0 Å². The number of anilines is 2. The van der Waals surface area contributed by atoms with Crippen LogP contribution in [0.1, 0.15) is 12.6 Å². The van der Waals surface area contributed by atoms with Crippen LogP contribution in [0.2, 0.25) is 5.02 Å². The van der Waals surface area contributed by atoms with Gasteiger partial charge in [-0.1, -0.05) is 17.7 Å². The summed E-state index contributed by atoms with van der Waals surface area (Å²) in [6.07, 6.45) is 0. The fourth-order valence-electron chi connectivity index (χ4n) is 2.34. The Morgan fingerprint density at radius 1 is 1.27 bits per heavy atom. The first-order valence-corrected chi connectivity index (χ1v) is 10.1. The fourth-order valence-corrected chi connectivity index (χ4v) is 4.30. The zero-order chi connectivity index (χ0) is 18.5. The third kappa shape index (κ3) is 4.58. The van der Waals surface area contributed by atoms with Crippen molar-refractivity contribution in [1.29, 1.82) is 0 Å². The molecular weight excluding hydrogens is 388 g/mol. The Kier molecular flexibility index (Phi) is 6.19. The summed E-state index contributed by atoms with van der Waals surface area (Å²) < 4.78 is 5.17. The fraction of sp³-hybridized carbons (Fsp3) is 0.158. The first kappa shape index (κ1) is 18.8. The van der Waals surface area contributed by atoms with Crippen LogP contribution in [0.25, 0.3) is 0 Å². The standard InChI is InChI=1S/C19H17ClN2O2S2/c1-13(23)22(16-5-3-4-14(20)10-16)19-21-15(12-26-19)11-25-18-8-6-17(24-2)7-9-18/h3-10,12H,11H2,1-2H3. The Hall–Kier alpha value is -2.02. The molecule has 26 heavy (non-hydrogen) atoms. The molecule has 3 aromatic rings. The topological polar surface area (TPSA) is 42.4 Å². The van der Waals surface area contributed by atoms with Crippen LogP contribution < -0.4 is 9.64 Å². The summed E-state index contributed by atoms with van der Waals surface area (Å²) in [6.45, 7) is 1.52. The number of aromatic nitrogens is 1. The number of methoxy groups -OCH3 is 1. The van der Waals surface area contributed by atoms with Gasteiger partial charge in [-0.05, 0) is 42.5 Å². The highest BCUT2D eigenvalue weighted by Crippen LogP contribution is 2.32. The average Bonchev–Trinajstić information content (AvgIpc) is 3.09. The van der Waals surface area contributed by atoms with E-state index in [1.807, 2.05) is 41.8 Å². The van der Waals surface area contributed by atoms with Gasteiger partial charge in [0.15, 0.2) is 5.13 Å². The third-order valence-corrected chi connectivity index (χ3v) is 5.71. The molecule has 0 saturated heterocycles. The van der Waals surface area contributed by atoms with Gasteiger partial charge >= 0.3 is 0 Å². The molecule has 0 fully saturated rings. The summed E-state index contributed by atoms with van der Waals surface area (Å²) in [5.74, 6) is 1.46. The average molecular weight is 405 g/mol. The Labute approximate surface area is 165 Å². The van der Waals surface area contributed by atoms with Crippen LogP contribution in [0.3, 0.4) is 0 Å². The number of carbonyl (C=O) groups is 1. The van der Waals surface area contributed by atoms with Crippen molar-refractivity contribution >= 4 is 51.4 Å². The summed E-state index contributed by atoms with van der Waals surface area (Å²) in [5.41, 5.74) is 1.65. The van der Waals surface area contributed by atoms with Crippen molar-refractivity contribution < 1.29 is 9.53 Å². The Morgan fingerprint density at radius 2 is 2.04 bits per heavy atom. The Balaban J connectivity index is 1.73. The lowest BCUT2D eigenvalue weighted by atomic mass is 10.3. The third-order valence-electron chi connectivity index (χ3n) is 3.56. The highest BCUT2D eigenvalue weighted by molar-refractivity contribution is 7.98. The van der Waals surface area contributed by atoms with Crippen LogP contribution in [-0.4, -0.2) is 18.0 Å². The summed E-state index contributed by atoms with van der Waals surface area (Å²) >= 11 is 9.19. The van der Waals surface area contributed by atoms with E-state index >= 15 is 0 Å². The molecule has 7 heteroatoms. The number of hydrogen-bond acceptors (Lipinski definition) is 5. The van der Waals surface area contributed by atoms with E-state index in [0.29, 0.717) is 15.8 Å². The maximum atomic E-state index is 12.1. The van der Waals surface area contributed by atoms with E-state index in [9.17, 15) is 4.79 Å². The van der Waals surface area contributed by atoms with Crippen molar-refractivity contribution in [1.82, 2.24) is 4.98 Å². The molecule has 1 aromatic heterocycles. The first-order valence-electron chi connectivity index (χ1n) is 7.84. The van der Waals surface area contributed by atoms with Crippen molar-refractivity contribution in [2.75, 3.05) is 12.0 Å². The quantitative estimate of drug-likeness (QED) is 0.488. The van der Waals surface area contributed by atoms with Gasteiger partial charge in [0, 0.05) is 28.0 Å². The van der Waals surface area contributed by atoms with Gasteiger partial charge in [0.05, 0.1) is 18.5 Å². The van der Waals surface area contributed by atoms with E-state index < -0.39 is 0 Å². The van der Waals surface area contributed by atoms with E-state index in [2.05, 4.69) is 4.98 Å². The number of benzene rings is 2. The predicted molar refractivity (Wildman–Crippen MR) is 109 cm³/mol. The van der Waals surface area contributed by atoms with Gasteiger partial charge in [-0.25, -0.2) is 4.98 Å². The highest BCUT2D eigenvalue weighted by Gasteiger charge is 2.18. The molecule has 0 atom stereocenters. The molecule has 4 nitrogen and oxygen atoms in total. The molecule has 1 amide bonds. The molecule has 0 spiro atoms. The normalized spacial score (nSPS) is 10.6. The van der Waals surface area contributed by atoms with E-state index in [1.165, 1.54) is 18.3 Å². The van der Waals surface area contributed by atoms with Gasteiger partial charge < -0.3 is 4.74 Å². The summed E-state index contributed by atoms with van der Waals surface area (Å²) in [6, 6.07) is 15.1. The first-order chi connectivity index (χ1) is 12.6. The van der Waals surface area contributed by atoms with Crippen molar-refractivity contribution in [3.05, 3.63) is 64.6 Å². The lowest BCUT2D eigenvalue weighted by Crippen LogP contribution is -2.22. The molecule has 0 aliphatic rings. The number of nitrogens with zero attached hydrogens (tertiary/aromatic N) is 2. The molecule has 3 rings (SSSR count). The second-order valence-corrected chi connectivity index (χ2v) is 7.74. The van der Waals surface area contributed by atoms with Crippen molar-refractivity contribution in [3.8, 4) is 5.75 Å². The maximum Gasteiger partial charge on any atom is 0.230 e. The summed E-state index contributed by atoms with van der Waals surface area (Å²) in [4.78, 5) is 19.5. The molecule has 2 aromatic carbocycles. The van der Waals surface area contributed by atoms with Gasteiger partial charge in [0.1, 0.15) is 5.75 Å². The van der Waals surface area contributed by atoms with Crippen LogP contribution >= 0.6 is 34.7 Å². The molecule has 0 radical (unpaired) electrons. The number of thiazole rings is 1. The number of halogens is 1. The van der Waals surface area contributed by atoms with Crippen molar-refractivity contribution in [3.63, 3.8) is 0 Å². The summed E-state index contributed by atoms with van der Waals surface area (Å²) in [5, 5.41) is 3.21. The molecule has 0 aliphatic carbocycles. The second-order valence-electron chi connectivity index (χ2n) is 5.42. The van der Waals surface area contributed by atoms with Crippen LogP contribution in [0.4, 0.5) is 10.8 Å². The maximum absolute atomic E-state index is 12.1. The smallest absolute Gasteiger partial charge is 0.230 e. The SMILES string of the molecule is COc1ccc(SCc2csc(N(C(C)=O)c3cccc(Cl)c3)n2)cc1. The molecule has 1 heterocycles. The van der Waals surface area contributed by atoms with Crippen LogP contribution in [-0.2, 0) is 10.5 Å². The van der Waals surface area contributed by atoms with Crippen LogP contribution in [0.5, 0.6) is 5.75 Å². The second kappa shape index (κ2) is 8.58. The lowest BCUT2D eigenvalue weighted by Gasteiger charge is -2.18. The zero-order valence-corrected chi connectivity index (χ0v) is 16.7. The van der Waals surface area contributed by atoms with Gasteiger partial charge in [-0.3, -0.25) is 9.69 Å². The van der Waals surface area contributed by atoms with Gasteiger partial charge in [-0.15, -0.1) is 23.1 Å². The molecule has 0 unspecified atom stereocenters. The Bertz CT molecular complexity index is 897. The predicted octanol–water partition coefficient (Wildman–Crippen LogP) is 5.78. The number of thioether (sulfide) groups is 1. The molecule has 0 N–H and O–H groups in total. The highest BCUT2D eigenvalue weighted by atomic mass is 35.5. The molecular formula is C19H17ClN2O2S2. The largest absolute Gasteiger partial charge is 0.497 e. The van der Waals surface area contributed by atoms with Crippen molar-refractivity contribution in [2.24, 2.45) is 0 Å².